The Morgan fingerprint density at radius 2 is 1.06 bits per heavy atom. The van der Waals surface area contributed by atoms with Crippen LogP contribution in [0.2, 0.25) is 0 Å². The molecule has 7 aromatic rings. The van der Waals surface area contributed by atoms with E-state index in [2.05, 4.69) is 157 Å². The van der Waals surface area contributed by atoms with E-state index in [1.54, 1.807) is 0 Å². The van der Waals surface area contributed by atoms with Crippen molar-refractivity contribution in [1.82, 2.24) is 4.57 Å². The molecule has 6 aromatic carbocycles. The van der Waals surface area contributed by atoms with Gasteiger partial charge in [-0.15, -0.1) is 0 Å². The highest BCUT2D eigenvalue weighted by molar-refractivity contribution is 6.02. The molecule has 7 rings (SSSR count). The van der Waals surface area contributed by atoms with Crippen LogP contribution in [-0.4, -0.2) is 23.8 Å². The van der Waals surface area contributed by atoms with Gasteiger partial charge in [-0.3, -0.25) is 9.98 Å². The second-order valence-corrected chi connectivity index (χ2v) is 12.0. The molecule has 52 heavy (non-hydrogen) atoms. The van der Waals surface area contributed by atoms with E-state index < -0.39 is 0 Å². The average molecular weight is 683 g/mol. The van der Waals surface area contributed by atoms with Crippen molar-refractivity contribution in [3.8, 4) is 16.8 Å². The summed E-state index contributed by atoms with van der Waals surface area (Å²) >= 11 is 0. The van der Waals surface area contributed by atoms with Gasteiger partial charge in [0, 0.05) is 22.8 Å². The lowest BCUT2D eigenvalue weighted by Crippen LogP contribution is -2.00. The number of amidine groups is 1. The van der Waals surface area contributed by atoms with Gasteiger partial charge in [-0.1, -0.05) is 153 Å². The molecular weight excluding hydrogens is 633 g/mol. The third-order valence-electron chi connectivity index (χ3n) is 8.42. The highest BCUT2D eigenvalue weighted by atomic mass is 15.0. The van der Waals surface area contributed by atoms with Crippen LogP contribution >= 0.6 is 0 Å². The van der Waals surface area contributed by atoms with E-state index >= 15 is 0 Å². The Bertz CT molecular complexity index is 2130. The van der Waals surface area contributed by atoms with Crippen LogP contribution in [0.4, 0.5) is 0 Å². The molecule has 4 heteroatoms. The van der Waals surface area contributed by atoms with Crippen molar-refractivity contribution < 1.29 is 0 Å². The summed E-state index contributed by atoms with van der Waals surface area (Å²) in [7, 11) is 0. The molecule has 0 spiro atoms. The van der Waals surface area contributed by atoms with Gasteiger partial charge in [-0.2, -0.15) is 0 Å². The maximum atomic E-state index is 4.66. The van der Waals surface area contributed by atoms with Crippen molar-refractivity contribution in [2.45, 2.75) is 47.7 Å². The summed E-state index contributed by atoms with van der Waals surface area (Å²) in [4.78, 5) is 12.6. The third-order valence-corrected chi connectivity index (χ3v) is 8.42. The zero-order chi connectivity index (χ0) is 37.1. The van der Waals surface area contributed by atoms with Crippen LogP contribution in [0.5, 0.6) is 0 Å². The van der Waals surface area contributed by atoms with Gasteiger partial charge in [-0.25, -0.2) is 4.99 Å². The standard InChI is InChI=1S/C24H21N3.C14H14.C8H9N.C2H6/c1-18-17-27(23-14-7-6-13-22(18)23)21-12-8-11-20(15-21)24(25-2)26-16-19-9-4-3-5-10-19;1-11-7-3-5-9-13(11)14-10-6-4-8-12(14)2;1-9-7-8-5-3-2-4-6-8;1-2/h3-15,17H,2,16H2,1H3;3-10H,1-2H3;2-6H,1,7H2;1-2H3. The van der Waals surface area contributed by atoms with Crippen molar-refractivity contribution in [1.29, 1.82) is 0 Å². The average Bonchev–Trinajstić information content (AvgIpc) is 3.54. The lowest BCUT2D eigenvalue weighted by Gasteiger charge is -2.08. The Hall–Kier alpha value is -6.13. The summed E-state index contributed by atoms with van der Waals surface area (Å²) in [5, 5.41) is 1.27. The highest BCUT2D eigenvalue weighted by Crippen LogP contribution is 2.26. The van der Waals surface area contributed by atoms with E-state index in [1.165, 1.54) is 44.3 Å². The van der Waals surface area contributed by atoms with Gasteiger partial charge in [0.05, 0.1) is 18.6 Å². The van der Waals surface area contributed by atoms with E-state index in [0.717, 1.165) is 23.4 Å². The number of hydrogen-bond acceptors (Lipinski definition) is 2. The lowest BCUT2D eigenvalue weighted by molar-refractivity contribution is 1.06. The van der Waals surface area contributed by atoms with Crippen LogP contribution in [0.3, 0.4) is 0 Å². The van der Waals surface area contributed by atoms with E-state index in [0.29, 0.717) is 12.4 Å². The fourth-order valence-electron chi connectivity index (χ4n) is 5.80. The molecule has 1 heterocycles. The Kier molecular flexibility index (Phi) is 15.3. The second-order valence-electron chi connectivity index (χ2n) is 12.0. The predicted octanol–water partition coefficient (Wildman–Crippen LogP) is 12.5. The van der Waals surface area contributed by atoms with Crippen LogP contribution in [0.25, 0.3) is 27.7 Å². The molecule has 0 aliphatic rings. The number of rotatable bonds is 7. The molecule has 0 unspecified atom stereocenters. The summed E-state index contributed by atoms with van der Waals surface area (Å²) < 4.78 is 2.21. The minimum absolute atomic E-state index is 0.588. The minimum atomic E-state index is 0.588. The Morgan fingerprint density at radius 1 is 0.538 bits per heavy atom. The summed E-state index contributed by atoms with van der Waals surface area (Å²) in [6, 6.07) is 54.0. The molecule has 0 aliphatic heterocycles. The number of nitrogens with zero attached hydrogens (tertiary/aromatic N) is 4. The Morgan fingerprint density at radius 3 is 1.62 bits per heavy atom. The van der Waals surface area contributed by atoms with Gasteiger partial charge in [-0.05, 0) is 91.3 Å². The fraction of sp³-hybridized carbons (Fsp3) is 0.146. The molecule has 0 amide bonds. The predicted molar refractivity (Wildman–Crippen MR) is 227 cm³/mol. The summed E-state index contributed by atoms with van der Waals surface area (Å²) in [5.41, 5.74) is 12.2. The smallest absolute Gasteiger partial charge is 0.154 e. The topological polar surface area (TPSA) is 42.0 Å². The molecule has 0 atom stereocenters. The first-order chi connectivity index (χ1) is 25.5. The molecular formula is C48H50N4. The number of fused-ring (bicyclic) bond motifs is 1. The lowest BCUT2D eigenvalue weighted by atomic mass is 9.97. The van der Waals surface area contributed by atoms with Gasteiger partial charge >= 0.3 is 0 Å². The van der Waals surface area contributed by atoms with Gasteiger partial charge in [0.15, 0.2) is 5.84 Å². The number of benzene rings is 6. The first-order valence-corrected chi connectivity index (χ1v) is 17.8. The molecule has 1 aromatic heterocycles. The van der Waals surface area contributed by atoms with Crippen molar-refractivity contribution in [3.05, 3.63) is 197 Å². The van der Waals surface area contributed by atoms with E-state index in [4.69, 9.17) is 0 Å². The van der Waals surface area contributed by atoms with Crippen LogP contribution < -0.4 is 0 Å². The molecule has 0 bridgehead atoms. The fourth-order valence-corrected chi connectivity index (χ4v) is 5.80. The summed E-state index contributed by atoms with van der Waals surface area (Å²) in [5.74, 6) is 0.661. The molecule has 4 nitrogen and oxygen atoms in total. The number of para-hydroxylation sites is 1. The first-order valence-electron chi connectivity index (χ1n) is 17.8. The third kappa shape index (κ3) is 10.7. The zero-order valence-corrected chi connectivity index (χ0v) is 31.2. The molecule has 262 valence electrons. The van der Waals surface area contributed by atoms with E-state index in [-0.39, 0.29) is 0 Å². The summed E-state index contributed by atoms with van der Waals surface area (Å²) in [6.07, 6.45) is 2.17. The van der Waals surface area contributed by atoms with Crippen molar-refractivity contribution in [2.24, 2.45) is 15.0 Å². The summed E-state index contributed by atoms with van der Waals surface area (Å²) in [6.45, 7) is 18.9. The first kappa shape index (κ1) is 38.7. The molecule has 0 saturated carbocycles. The number of aromatic nitrogens is 1. The van der Waals surface area contributed by atoms with Gasteiger partial charge in [0.2, 0.25) is 0 Å². The molecule has 0 fully saturated rings. The van der Waals surface area contributed by atoms with Gasteiger partial charge in [0.25, 0.3) is 0 Å². The van der Waals surface area contributed by atoms with Gasteiger partial charge < -0.3 is 4.57 Å². The number of aliphatic imine (C=N–C) groups is 3. The highest BCUT2D eigenvalue weighted by Gasteiger charge is 2.09. The maximum absolute atomic E-state index is 4.66. The van der Waals surface area contributed by atoms with Crippen LogP contribution in [0.15, 0.2) is 179 Å². The maximum Gasteiger partial charge on any atom is 0.154 e. The van der Waals surface area contributed by atoms with Crippen LogP contribution in [0.1, 0.15) is 47.2 Å². The largest absolute Gasteiger partial charge is 0.316 e. The second kappa shape index (κ2) is 20.5. The number of hydrogen-bond donors (Lipinski definition) is 0. The normalized spacial score (nSPS) is 10.4. The molecule has 0 radical (unpaired) electrons. The Labute approximate surface area is 310 Å². The molecule has 0 N–H and O–H groups in total. The van der Waals surface area contributed by atoms with E-state index in [1.807, 2.05) is 74.5 Å². The van der Waals surface area contributed by atoms with Crippen molar-refractivity contribution in [2.75, 3.05) is 0 Å². The Balaban J connectivity index is 0.000000201. The van der Waals surface area contributed by atoms with Crippen molar-refractivity contribution in [3.63, 3.8) is 0 Å². The quantitative estimate of drug-likeness (QED) is 0.119. The monoisotopic (exact) mass is 682 g/mol. The van der Waals surface area contributed by atoms with Crippen molar-refractivity contribution >= 4 is 30.2 Å². The molecule has 0 aliphatic carbocycles. The van der Waals surface area contributed by atoms with Gasteiger partial charge in [0.1, 0.15) is 0 Å². The molecule has 0 saturated heterocycles. The van der Waals surface area contributed by atoms with Crippen LogP contribution in [-0.2, 0) is 13.1 Å². The SMILES string of the molecule is C=NC(=NCc1ccccc1)c1cccc(-n2cc(C)c3ccccc32)c1.C=NCc1ccccc1.CC.Cc1ccccc1-c1ccccc1C. The van der Waals surface area contributed by atoms with E-state index in [9.17, 15) is 0 Å². The number of aryl methyl sites for hydroxylation is 3. The minimum Gasteiger partial charge on any atom is -0.316 e. The zero-order valence-electron chi connectivity index (χ0n) is 31.2. The van der Waals surface area contributed by atoms with Crippen LogP contribution in [0, 0.1) is 20.8 Å².